The van der Waals surface area contributed by atoms with Crippen LogP contribution in [0, 0.1) is 0 Å². The zero-order valence-corrected chi connectivity index (χ0v) is 37.7. The first-order valence-electron chi connectivity index (χ1n) is 25.3. The summed E-state index contributed by atoms with van der Waals surface area (Å²) in [6, 6.07) is 77.4. The van der Waals surface area contributed by atoms with E-state index in [0.717, 1.165) is 72.1 Å². The van der Waals surface area contributed by atoms with Crippen molar-refractivity contribution in [3.05, 3.63) is 260 Å². The van der Waals surface area contributed by atoms with Gasteiger partial charge in [-0.2, -0.15) is 0 Å². The van der Waals surface area contributed by atoms with E-state index in [-0.39, 0.29) is 40.8 Å². The highest BCUT2D eigenvalue weighted by Crippen LogP contribution is 2.51. The van der Waals surface area contributed by atoms with E-state index in [4.69, 9.17) is 0 Å². The van der Waals surface area contributed by atoms with Crippen molar-refractivity contribution >= 4 is 77.5 Å². The van der Waals surface area contributed by atoms with E-state index < -0.39 is 0 Å². The van der Waals surface area contributed by atoms with Crippen molar-refractivity contribution in [2.24, 2.45) is 0 Å². The van der Waals surface area contributed by atoms with Crippen molar-refractivity contribution in [1.29, 1.82) is 0 Å². The van der Waals surface area contributed by atoms with Gasteiger partial charge in [-0.3, -0.25) is 0 Å². The van der Waals surface area contributed by atoms with E-state index in [2.05, 4.69) is 163 Å². The second-order valence-electron chi connectivity index (χ2n) is 18.3. The predicted molar refractivity (Wildman–Crippen MR) is 288 cm³/mol. The number of anilines is 6. The van der Waals surface area contributed by atoms with E-state index >= 15 is 0 Å². The lowest BCUT2D eigenvalue weighted by Gasteiger charge is -2.28. The Morgan fingerprint density at radius 1 is 0.353 bits per heavy atom. The zero-order chi connectivity index (χ0) is 48.8. The molecule has 0 saturated heterocycles. The first kappa shape index (κ1) is 35.6. The van der Waals surface area contributed by atoms with Gasteiger partial charge in [0.05, 0.1) is 16.5 Å². The van der Waals surface area contributed by atoms with Gasteiger partial charge in [0.15, 0.2) is 0 Å². The molecule has 68 heavy (non-hydrogen) atoms. The number of hydrogen-bond acceptors (Lipinski definition) is 2. The molecule has 0 aliphatic heterocycles. The maximum Gasteiger partial charge on any atom is 0.0645 e. The van der Waals surface area contributed by atoms with Crippen LogP contribution in [0.2, 0.25) is 0 Å². The van der Waals surface area contributed by atoms with Gasteiger partial charge >= 0.3 is 0 Å². The van der Waals surface area contributed by atoms with Gasteiger partial charge in [-0.05, 0) is 158 Å². The summed E-state index contributed by atoms with van der Waals surface area (Å²) in [5.41, 5.74) is 14.0. The van der Waals surface area contributed by atoms with Gasteiger partial charge in [0, 0.05) is 56.0 Å². The third-order valence-corrected chi connectivity index (χ3v) is 14.0. The molecule has 0 fully saturated rings. The average Bonchev–Trinajstić information content (AvgIpc) is 3.87. The van der Waals surface area contributed by atoms with Crippen LogP contribution < -0.4 is 9.80 Å². The minimum absolute atomic E-state index is 0.0967. The summed E-state index contributed by atoms with van der Waals surface area (Å²) in [6.45, 7) is 4.64. The van der Waals surface area contributed by atoms with Crippen molar-refractivity contribution in [3.8, 4) is 27.9 Å². The molecular formula is C65H47N3. The Balaban J connectivity index is 0.941. The van der Waals surface area contributed by atoms with Gasteiger partial charge in [-0.15, -0.1) is 0 Å². The van der Waals surface area contributed by atoms with Crippen LogP contribution in [-0.2, 0) is 5.41 Å². The summed E-state index contributed by atoms with van der Waals surface area (Å²) in [6.07, 6.45) is 0. The zero-order valence-electron chi connectivity index (χ0n) is 41.7. The number of rotatable bonds is 8. The lowest BCUT2D eigenvalue weighted by Crippen LogP contribution is -2.16. The van der Waals surface area contributed by atoms with Crippen LogP contribution in [0.4, 0.5) is 34.1 Å². The highest BCUT2D eigenvalue weighted by atomic mass is 15.1. The molecule has 3 nitrogen and oxygen atoms in total. The molecule has 13 rings (SSSR count). The molecule has 1 heterocycles. The Morgan fingerprint density at radius 3 is 1.71 bits per heavy atom. The maximum absolute atomic E-state index is 9.53. The lowest BCUT2D eigenvalue weighted by atomic mass is 9.82. The third-order valence-electron chi connectivity index (χ3n) is 14.0. The summed E-state index contributed by atoms with van der Waals surface area (Å²) < 4.78 is 40.4. The van der Waals surface area contributed by atoms with Crippen molar-refractivity contribution in [3.63, 3.8) is 0 Å². The molecule has 0 bridgehead atoms. The molecule has 0 atom stereocenters. The summed E-state index contributed by atoms with van der Waals surface area (Å²) in [4.78, 5) is 4.20. The molecule has 1 aliphatic carbocycles. The van der Waals surface area contributed by atoms with Gasteiger partial charge in [-0.25, -0.2) is 0 Å². The molecule has 12 aromatic rings. The number of para-hydroxylation sites is 3. The van der Waals surface area contributed by atoms with Crippen LogP contribution >= 0.6 is 0 Å². The summed E-state index contributed by atoms with van der Waals surface area (Å²) in [5, 5.41) is 6.33. The van der Waals surface area contributed by atoms with Crippen molar-refractivity contribution in [1.82, 2.24) is 4.57 Å². The predicted octanol–water partition coefficient (Wildman–Crippen LogP) is 18.0. The van der Waals surface area contributed by atoms with Gasteiger partial charge in [0.2, 0.25) is 0 Å². The molecule has 322 valence electrons. The molecular weight excluding hydrogens is 823 g/mol. The molecule has 3 heteroatoms. The summed E-state index contributed by atoms with van der Waals surface area (Å²) >= 11 is 0. The number of hydrogen-bond donors (Lipinski definition) is 0. The number of benzene rings is 11. The molecule has 0 unspecified atom stereocenters. The maximum atomic E-state index is 9.53. The second-order valence-corrected chi connectivity index (χ2v) is 18.3. The van der Waals surface area contributed by atoms with E-state index in [1.165, 1.54) is 27.6 Å². The Labute approximate surface area is 402 Å². The van der Waals surface area contributed by atoms with E-state index in [1.54, 1.807) is 0 Å². The van der Waals surface area contributed by atoms with Gasteiger partial charge in [0.25, 0.3) is 0 Å². The van der Waals surface area contributed by atoms with Crippen LogP contribution in [0.15, 0.2) is 249 Å². The molecule has 0 radical (unpaired) electrons. The second kappa shape index (κ2) is 15.8. The topological polar surface area (TPSA) is 11.4 Å². The highest BCUT2D eigenvalue weighted by molar-refractivity contribution is 6.11. The third kappa shape index (κ3) is 6.50. The van der Waals surface area contributed by atoms with Crippen molar-refractivity contribution in [2.75, 3.05) is 9.80 Å². The fraction of sp³-hybridized carbons (Fsp3) is 0.0462. The Hall–Kier alpha value is -8.66. The van der Waals surface area contributed by atoms with Crippen LogP contribution in [0.5, 0.6) is 0 Å². The van der Waals surface area contributed by atoms with Crippen LogP contribution in [0.25, 0.3) is 71.3 Å². The van der Waals surface area contributed by atoms with Crippen LogP contribution in [0.1, 0.15) is 30.5 Å². The Bertz CT molecular complexity index is 4110. The van der Waals surface area contributed by atoms with Crippen LogP contribution in [0.3, 0.4) is 0 Å². The Kier molecular flexibility index (Phi) is 8.24. The van der Waals surface area contributed by atoms with Crippen LogP contribution in [-0.4, -0.2) is 4.57 Å². The van der Waals surface area contributed by atoms with Gasteiger partial charge in [0.1, 0.15) is 0 Å². The van der Waals surface area contributed by atoms with Crippen molar-refractivity contribution in [2.45, 2.75) is 19.3 Å². The van der Waals surface area contributed by atoms with Gasteiger partial charge < -0.3 is 14.4 Å². The fourth-order valence-corrected chi connectivity index (χ4v) is 10.6. The molecule has 0 N–H and O–H groups in total. The standard InChI is InChI=1S/C65H47N3/c1-65(2)61-23-13-11-21-57(61)58-37-35-56(43-62(58)65)67(55-36-38-64-60(42-55)59-22-12-14-24-63(59)68(64)51-19-7-4-8-20-51)54-34-30-48-39-47(25-26-49(48)41-54)45-27-31-52(32-28-45)66(50-17-5-3-6-18-50)53-33-29-44-15-9-10-16-46(44)40-53/h3-43H,1-2H3/i27D,28D,31D,32D. The number of nitrogens with zero attached hydrogens (tertiary/aromatic N) is 3. The lowest BCUT2D eigenvalue weighted by molar-refractivity contribution is 0.660. The smallest absolute Gasteiger partial charge is 0.0645 e. The molecule has 0 saturated carbocycles. The first-order chi connectivity index (χ1) is 35.1. The number of aromatic nitrogens is 1. The summed E-state index contributed by atoms with van der Waals surface area (Å²) in [5.74, 6) is 0. The largest absolute Gasteiger partial charge is 0.310 e. The minimum atomic E-state index is -0.194. The average molecular weight is 874 g/mol. The molecule has 0 amide bonds. The first-order valence-corrected chi connectivity index (χ1v) is 23.3. The fourth-order valence-electron chi connectivity index (χ4n) is 10.6. The minimum Gasteiger partial charge on any atom is -0.310 e. The molecule has 1 aromatic heterocycles. The monoisotopic (exact) mass is 873 g/mol. The van der Waals surface area contributed by atoms with E-state index in [9.17, 15) is 5.48 Å². The SMILES string of the molecule is [2H]c1c([2H])c(N(c2ccccc2)c2ccc3ccccc3c2)c([2H])c([2H])c1-c1ccc2cc(N(c3ccc4c(c3)C(C)(C)c3ccccc3-4)c3ccc4c(c3)c3ccccc3n4-c3ccccc3)ccc2c1. The quantitative estimate of drug-likeness (QED) is 0.151. The Morgan fingerprint density at radius 2 is 0.897 bits per heavy atom. The van der Waals surface area contributed by atoms with Gasteiger partial charge in [-0.1, -0.05) is 159 Å². The summed E-state index contributed by atoms with van der Waals surface area (Å²) in [7, 11) is 0. The van der Waals surface area contributed by atoms with E-state index in [1.807, 2.05) is 89.8 Å². The molecule has 11 aromatic carbocycles. The number of fused-ring (bicyclic) bond motifs is 8. The molecule has 0 spiro atoms. The normalized spacial score (nSPS) is 13.5. The van der Waals surface area contributed by atoms with Crippen molar-refractivity contribution < 1.29 is 5.48 Å². The molecule has 1 aliphatic rings. The van der Waals surface area contributed by atoms with E-state index in [0.29, 0.717) is 5.56 Å². The highest BCUT2D eigenvalue weighted by Gasteiger charge is 2.36.